The van der Waals surface area contributed by atoms with Crippen LogP contribution in [0.25, 0.3) is 22.4 Å². The maximum Gasteiger partial charge on any atom is 0.216 e. The Bertz CT molecular complexity index is 1030. The number of halogens is 2. The number of aromatic hydroxyl groups is 1. The van der Waals surface area contributed by atoms with Crippen molar-refractivity contribution >= 4 is 34.9 Å². The van der Waals surface area contributed by atoms with Crippen LogP contribution in [-0.2, 0) is 4.79 Å². The number of aryl methyl sites for hydroxylation is 1. The summed E-state index contributed by atoms with van der Waals surface area (Å²) in [5.41, 5.74) is 3.94. The van der Waals surface area contributed by atoms with Gasteiger partial charge in [-0.1, -0.05) is 34.8 Å². The molecular formula is C22H21Cl2N3O2. The van der Waals surface area contributed by atoms with Gasteiger partial charge in [0.25, 0.3) is 0 Å². The van der Waals surface area contributed by atoms with Gasteiger partial charge in [-0.05, 0) is 60.5 Å². The first kappa shape index (κ1) is 21.0. The summed E-state index contributed by atoms with van der Waals surface area (Å²) in [6, 6.07) is 14.5. The van der Waals surface area contributed by atoms with Gasteiger partial charge in [0.15, 0.2) is 0 Å². The third-order valence-corrected chi connectivity index (χ3v) is 4.69. The first-order valence-electron chi connectivity index (χ1n) is 9.08. The molecule has 1 heterocycles. The molecule has 3 rings (SSSR count). The smallest absolute Gasteiger partial charge is 0.216 e. The first-order valence-corrected chi connectivity index (χ1v) is 9.84. The van der Waals surface area contributed by atoms with E-state index in [0.717, 1.165) is 16.7 Å². The van der Waals surface area contributed by atoms with Crippen molar-refractivity contribution in [2.24, 2.45) is 0 Å². The number of carbonyl (C=O) groups is 1. The molecule has 3 N–H and O–H groups in total. The number of hydrogen-bond donors (Lipinski definition) is 3. The maximum absolute atomic E-state index is 11.1. The lowest BCUT2D eigenvalue weighted by molar-refractivity contribution is -0.118. The molecule has 0 unspecified atom stereocenters. The van der Waals surface area contributed by atoms with E-state index in [1.165, 1.54) is 6.92 Å². The number of phenolic OH excluding ortho intramolecular Hbond substituents is 1. The van der Waals surface area contributed by atoms with Crippen LogP contribution in [0.15, 0.2) is 48.5 Å². The van der Waals surface area contributed by atoms with Crippen molar-refractivity contribution in [3.05, 3.63) is 64.1 Å². The number of aromatic nitrogens is 1. The minimum Gasteiger partial charge on any atom is -0.507 e. The highest BCUT2D eigenvalue weighted by Crippen LogP contribution is 2.34. The van der Waals surface area contributed by atoms with Crippen LogP contribution >= 0.6 is 23.2 Å². The van der Waals surface area contributed by atoms with Gasteiger partial charge in [-0.25, -0.2) is 4.98 Å². The van der Waals surface area contributed by atoms with Crippen molar-refractivity contribution in [3.63, 3.8) is 0 Å². The third kappa shape index (κ3) is 5.62. The van der Waals surface area contributed by atoms with Crippen LogP contribution in [0.4, 0.5) is 5.82 Å². The van der Waals surface area contributed by atoms with Crippen LogP contribution < -0.4 is 10.6 Å². The molecular weight excluding hydrogens is 409 g/mol. The number of hydrogen-bond acceptors (Lipinski definition) is 4. The standard InChI is InChI=1S/C22H21Cl2N3O2/c1-13-3-4-21(29)19(7-13)20-10-16(15-8-17(23)12-18(24)9-15)11-22(27-20)26-6-5-25-14(2)28/h3-4,7-12,29H,5-6H2,1-2H3,(H,25,28)(H,26,27). The number of phenols is 1. The molecule has 3 aromatic rings. The highest BCUT2D eigenvalue weighted by molar-refractivity contribution is 6.35. The highest BCUT2D eigenvalue weighted by atomic mass is 35.5. The molecule has 0 saturated carbocycles. The maximum atomic E-state index is 11.1. The second-order valence-corrected chi connectivity index (χ2v) is 7.59. The zero-order chi connectivity index (χ0) is 21.0. The minimum atomic E-state index is -0.0903. The Labute approximate surface area is 179 Å². The third-order valence-electron chi connectivity index (χ3n) is 4.25. The predicted molar refractivity (Wildman–Crippen MR) is 119 cm³/mol. The van der Waals surface area contributed by atoms with E-state index in [-0.39, 0.29) is 11.7 Å². The van der Waals surface area contributed by atoms with Crippen molar-refractivity contribution in [1.82, 2.24) is 10.3 Å². The normalized spacial score (nSPS) is 10.6. The molecule has 1 amide bonds. The van der Waals surface area contributed by atoms with Crippen LogP contribution in [0.5, 0.6) is 5.75 Å². The summed E-state index contributed by atoms with van der Waals surface area (Å²) in [5, 5.41) is 17.4. The van der Waals surface area contributed by atoms with Gasteiger partial charge < -0.3 is 15.7 Å². The summed E-state index contributed by atoms with van der Waals surface area (Å²) in [6.07, 6.45) is 0. The lowest BCUT2D eigenvalue weighted by Gasteiger charge is -2.13. The lowest BCUT2D eigenvalue weighted by Crippen LogP contribution is -2.26. The Morgan fingerprint density at radius 3 is 2.38 bits per heavy atom. The molecule has 0 spiro atoms. The number of nitrogens with one attached hydrogen (secondary N) is 2. The number of benzene rings is 2. The average Bonchev–Trinajstić information content (AvgIpc) is 2.66. The van der Waals surface area contributed by atoms with Gasteiger partial charge in [-0.3, -0.25) is 4.79 Å². The molecule has 0 bridgehead atoms. The van der Waals surface area contributed by atoms with Crippen LogP contribution in [0.1, 0.15) is 12.5 Å². The van der Waals surface area contributed by atoms with E-state index < -0.39 is 0 Å². The molecule has 0 saturated heterocycles. The van der Waals surface area contributed by atoms with E-state index in [2.05, 4.69) is 15.6 Å². The Hall–Kier alpha value is -2.76. The monoisotopic (exact) mass is 429 g/mol. The topological polar surface area (TPSA) is 74.2 Å². The molecule has 5 nitrogen and oxygen atoms in total. The van der Waals surface area contributed by atoms with Gasteiger partial charge in [-0.15, -0.1) is 0 Å². The number of nitrogens with zero attached hydrogens (tertiary/aromatic N) is 1. The SMILES string of the molecule is CC(=O)NCCNc1cc(-c2cc(Cl)cc(Cl)c2)cc(-c2cc(C)ccc2O)n1. The molecule has 0 radical (unpaired) electrons. The Kier molecular flexibility index (Phi) is 6.62. The number of rotatable bonds is 6. The fourth-order valence-corrected chi connectivity index (χ4v) is 3.46. The summed E-state index contributed by atoms with van der Waals surface area (Å²) >= 11 is 12.4. The summed E-state index contributed by atoms with van der Waals surface area (Å²) in [4.78, 5) is 15.7. The molecule has 29 heavy (non-hydrogen) atoms. The van der Waals surface area contributed by atoms with Crippen molar-refractivity contribution in [3.8, 4) is 28.1 Å². The average molecular weight is 430 g/mol. The van der Waals surface area contributed by atoms with Crippen LogP contribution in [0.2, 0.25) is 10.0 Å². The summed E-state index contributed by atoms with van der Waals surface area (Å²) in [5.74, 6) is 0.667. The van der Waals surface area contributed by atoms with E-state index in [1.54, 1.807) is 12.1 Å². The molecule has 2 aromatic carbocycles. The fraction of sp³-hybridized carbons (Fsp3) is 0.182. The molecule has 0 aliphatic heterocycles. The molecule has 7 heteroatoms. The number of anilines is 1. The lowest BCUT2D eigenvalue weighted by atomic mass is 10.0. The van der Waals surface area contributed by atoms with Crippen molar-refractivity contribution in [2.75, 3.05) is 18.4 Å². The highest BCUT2D eigenvalue weighted by Gasteiger charge is 2.12. The number of pyridine rings is 1. The van der Waals surface area contributed by atoms with E-state index in [4.69, 9.17) is 23.2 Å². The number of amides is 1. The fourth-order valence-electron chi connectivity index (χ4n) is 2.93. The van der Waals surface area contributed by atoms with Gasteiger partial charge in [0.1, 0.15) is 11.6 Å². The molecule has 150 valence electrons. The minimum absolute atomic E-state index is 0.0903. The Morgan fingerprint density at radius 2 is 1.69 bits per heavy atom. The largest absolute Gasteiger partial charge is 0.507 e. The molecule has 0 fully saturated rings. The van der Waals surface area contributed by atoms with Crippen molar-refractivity contribution in [1.29, 1.82) is 0 Å². The first-order chi connectivity index (χ1) is 13.8. The van der Waals surface area contributed by atoms with Crippen molar-refractivity contribution in [2.45, 2.75) is 13.8 Å². The zero-order valence-electron chi connectivity index (χ0n) is 16.1. The van der Waals surface area contributed by atoms with Crippen LogP contribution in [0.3, 0.4) is 0 Å². The van der Waals surface area contributed by atoms with E-state index in [0.29, 0.717) is 40.2 Å². The predicted octanol–water partition coefficient (Wildman–Crippen LogP) is 5.28. The molecule has 0 atom stereocenters. The zero-order valence-corrected chi connectivity index (χ0v) is 17.6. The number of carbonyl (C=O) groups excluding carboxylic acids is 1. The summed E-state index contributed by atoms with van der Waals surface area (Å²) in [6.45, 7) is 4.40. The van der Waals surface area contributed by atoms with Gasteiger partial charge in [-0.2, -0.15) is 0 Å². The van der Waals surface area contributed by atoms with Crippen LogP contribution in [-0.4, -0.2) is 29.1 Å². The van der Waals surface area contributed by atoms with Gasteiger partial charge in [0.2, 0.25) is 5.91 Å². The Balaban J connectivity index is 2.04. The Morgan fingerprint density at radius 1 is 1.00 bits per heavy atom. The molecule has 1 aromatic heterocycles. The molecule has 0 aliphatic rings. The van der Waals surface area contributed by atoms with E-state index in [9.17, 15) is 9.90 Å². The quantitative estimate of drug-likeness (QED) is 0.465. The van der Waals surface area contributed by atoms with Gasteiger partial charge in [0.05, 0.1) is 5.69 Å². The summed E-state index contributed by atoms with van der Waals surface area (Å²) in [7, 11) is 0. The van der Waals surface area contributed by atoms with Crippen LogP contribution in [0, 0.1) is 6.92 Å². The second kappa shape index (κ2) is 9.16. The summed E-state index contributed by atoms with van der Waals surface area (Å²) < 4.78 is 0. The second-order valence-electron chi connectivity index (χ2n) is 6.71. The van der Waals surface area contributed by atoms with E-state index >= 15 is 0 Å². The van der Waals surface area contributed by atoms with Gasteiger partial charge in [0, 0.05) is 35.6 Å². The van der Waals surface area contributed by atoms with Gasteiger partial charge >= 0.3 is 0 Å². The van der Waals surface area contributed by atoms with E-state index in [1.807, 2.05) is 43.3 Å². The molecule has 0 aliphatic carbocycles. The van der Waals surface area contributed by atoms with Crippen molar-refractivity contribution < 1.29 is 9.90 Å².